The van der Waals surface area contributed by atoms with Crippen LogP contribution in [0.2, 0.25) is 0 Å². The standard InChI is InChI=1S/C17H17FN2O5S2/c1-26(22,23)14-7-8-15(18)16(10-14)27(24,25)20-13-4-2-3-12(9-13)19-17(21)11-5-6-11/h2-4,7-11,20H,5-6H2,1H3,(H,19,21). The van der Waals surface area contributed by atoms with Crippen molar-refractivity contribution in [1.29, 1.82) is 0 Å². The number of amides is 1. The minimum atomic E-state index is -4.38. The summed E-state index contributed by atoms with van der Waals surface area (Å²) in [6.45, 7) is 0. The Morgan fingerprint density at radius 3 is 2.33 bits per heavy atom. The highest BCUT2D eigenvalue weighted by atomic mass is 32.2. The molecule has 2 aromatic carbocycles. The third-order valence-electron chi connectivity index (χ3n) is 3.95. The van der Waals surface area contributed by atoms with E-state index in [0.717, 1.165) is 37.3 Å². The van der Waals surface area contributed by atoms with E-state index in [4.69, 9.17) is 0 Å². The first-order valence-corrected chi connectivity index (χ1v) is 11.4. The SMILES string of the molecule is CS(=O)(=O)c1ccc(F)c(S(=O)(=O)Nc2cccc(NC(=O)C3CC3)c2)c1. The van der Waals surface area contributed by atoms with Gasteiger partial charge in [0.2, 0.25) is 5.91 Å². The lowest BCUT2D eigenvalue weighted by Crippen LogP contribution is -2.16. The van der Waals surface area contributed by atoms with Crippen molar-refractivity contribution in [2.75, 3.05) is 16.3 Å². The van der Waals surface area contributed by atoms with Crippen LogP contribution in [0.4, 0.5) is 15.8 Å². The molecule has 0 unspecified atom stereocenters. The molecule has 1 amide bonds. The van der Waals surface area contributed by atoms with Gasteiger partial charge in [-0.1, -0.05) is 6.07 Å². The fourth-order valence-corrected chi connectivity index (χ4v) is 4.26. The van der Waals surface area contributed by atoms with Gasteiger partial charge in [-0.25, -0.2) is 21.2 Å². The van der Waals surface area contributed by atoms with Crippen LogP contribution in [0.1, 0.15) is 12.8 Å². The number of benzene rings is 2. The van der Waals surface area contributed by atoms with Gasteiger partial charge < -0.3 is 5.32 Å². The normalized spacial score (nSPS) is 14.6. The molecule has 3 rings (SSSR count). The molecule has 7 nitrogen and oxygen atoms in total. The molecule has 10 heteroatoms. The van der Waals surface area contributed by atoms with Gasteiger partial charge in [0, 0.05) is 17.9 Å². The number of nitrogens with one attached hydrogen (secondary N) is 2. The van der Waals surface area contributed by atoms with Crippen molar-refractivity contribution in [1.82, 2.24) is 0 Å². The minimum Gasteiger partial charge on any atom is -0.326 e. The molecule has 0 aromatic heterocycles. The Bertz CT molecular complexity index is 1110. The summed E-state index contributed by atoms with van der Waals surface area (Å²) >= 11 is 0. The summed E-state index contributed by atoms with van der Waals surface area (Å²) in [6.07, 6.45) is 2.55. The van der Waals surface area contributed by atoms with E-state index in [1.165, 1.54) is 18.2 Å². The first-order chi connectivity index (χ1) is 12.6. The smallest absolute Gasteiger partial charge is 0.264 e. The second-order valence-electron chi connectivity index (χ2n) is 6.31. The fourth-order valence-electron chi connectivity index (χ4n) is 2.38. The Kier molecular flexibility index (Phi) is 4.96. The number of hydrogen-bond acceptors (Lipinski definition) is 5. The maximum atomic E-state index is 14.0. The maximum Gasteiger partial charge on any atom is 0.264 e. The second-order valence-corrected chi connectivity index (χ2v) is 9.98. The molecule has 0 bridgehead atoms. The van der Waals surface area contributed by atoms with Crippen LogP contribution < -0.4 is 10.0 Å². The molecule has 1 aliphatic carbocycles. The lowest BCUT2D eigenvalue weighted by Gasteiger charge is -2.11. The highest BCUT2D eigenvalue weighted by molar-refractivity contribution is 7.93. The lowest BCUT2D eigenvalue weighted by atomic mass is 10.2. The van der Waals surface area contributed by atoms with Crippen LogP contribution in [0, 0.1) is 11.7 Å². The van der Waals surface area contributed by atoms with Crippen LogP contribution in [0.25, 0.3) is 0 Å². The fraction of sp³-hybridized carbons (Fsp3) is 0.235. The van der Waals surface area contributed by atoms with E-state index >= 15 is 0 Å². The number of carbonyl (C=O) groups excluding carboxylic acids is 1. The predicted octanol–water partition coefficient (Wildman–Crippen LogP) is 2.38. The van der Waals surface area contributed by atoms with Crippen LogP contribution in [0.15, 0.2) is 52.3 Å². The van der Waals surface area contributed by atoms with Gasteiger partial charge in [-0.3, -0.25) is 9.52 Å². The molecule has 2 aromatic rings. The quantitative estimate of drug-likeness (QED) is 0.708. The zero-order valence-corrected chi connectivity index (χ0v) is 15.9. The Morgan fingerprint density at radius 1 is 1.04 bits per heavy atom. The van der Waals surface area contributed by atoms with E-state index in [-0.39, 0.29) is 22.4 Å². The topological polar surface area (TPSA) is 109 Å². The van der Waals surface area contributed by atoms with E-state index in [0.29, 0.717) is 5.69 Å². The monoisotopic (exact) mass is 412 g/mol. The van der Waals surface area contributed by atoms with E-state index < -0.39 is 30.6 Å². The van der Waals surface area contributed by atoms with Gasteiger partial charge in [-0.2, -0.15) is 0 Å². The summed E-state index contributed by atoms with van der Waals surface area (Å²) in [4.78, 5) is 10.7. The van der Waals surface area contributed by atoms with Crippen molar-refractivity contribution < 1.29 is 26.0 Å². The lowest BCUT2D eigenvalue weighted by molar-refractivity contribution is -0.117. The maximum absolute atomic E-state index is 14.0. The molecule has 0 heterocycles. The number of rotatable bonds is 6. The Morgan fingerprint density at radius 2 is 1.70 bits per heavy atom. The molecule has 0 aliphatic heterocycles. The second kappa shape index (κ2) is 6.93. The van der Waals surface area contributed by atoms with Crippen molar-refractivity contribution in [2.24, 2.45) is 5.92 Å². The molecule has 2 N–H and O–H groups in total. The molecule has 144 valence electrons. The van der Waals surface area contributed by atoms with Crippen molar-refractivity contribution in [3.8, 4) is 0 Å². The Labute approximate surface area is 156 Å². The van der Waals surface area contributed by atoms with Gasteiger partial charge in [-0.15, -0.1) is 0 Å². The summed E-state index contributed by atoms with van der Waals surface area (Å²) in [7, 11) is -8.08. The number of carbonyl (C=O) groups is 1. The number of sulfonamides is 1. The van der Waals surface area contributed by atoms with Gasteiger partial charge in [0.25, 0.3) is 10.0 Å². The summed E-state index contributed by atoms with van der Waals surface area (Å²) in [5.41, 5.74) is 0.505. The predicted molar refractivity (Wildman–Crippen MR) is 98.1 cm³/mol. The molecule has 1 fully saturated rings. The molecular weight excluding hydrogens is 395 g/mol. The summed E-state index contributed by atoms with van der Waals surface area (Å²) in [6, 6.07) is 8.52. The minimum absolute atomic E-state index is 0.0156. The van der Waals surface area contributed by atoms with Crippen molar-refractivity contribution in [3.63, 3.8) is 0 Å². The number of anilines is 2. The van der Waals surface area contributed by atoms with E-state index in [1.807, 2.05) is 0 Å². The zero-order valence-electron chi connectivity index (χ0n) is 14.3. The first kappa shape index (κ1) is 19.3. The highest BCUT2D eigenvalue weighted by Crippen LogP contribution is 2.30. The van der Waals surface area contributed by atoms with Crippen LogP contribution in [0.3, 0.4) is 0 Å². The Balaban J connectivity index is 1.87. The van der Waals surface area contributed by atoms with Crippen molar-refractivity contribution in [3.05, 3.63) is 48.3 Å². The van der Waals surface area contributed by atoms with E-state index in [2.05, 4.69) is 10.0 Å². The van der Waals surface area contributed by atoms with Crippen LogP contribution in [-0.4, -0.2) is 29.0 Å². The molecule has 0 radical (unpaired) electrons. The number of sulfone groups is 1. The molecule has 27 heavy (non-hydrogen) atoms. The zero-order chi connectivity index (χ0) is 19.8. The van der Waals surface area contributed by atoms with Crippen molar-refractivity contribution >= 4 is 37.1 Å². The summed E-state index contributed by atoms with van der Waals surface area (Å²) in [5.74, 6) is -1.23. The molecule has 0 atom stereocenters. The third kappa shape index (κ3) is 4.64. The molecule has 1 aliphatic rings. The van der Waals surface area contributed by atoms with Gasteiger partial charge >= 0.3 is 0 Å². The van der Waals surface area contributed by atoms with Gasteiger partial charge in [0.1, 0.15) is 10.7 Å². The van der Waals surface area contributed by atoms with Crippen LogP contribution in [-0.2, 0) is 24.7 Å². The Hall–Kier alpha value is -2.46. The van der Waals surface area contributed by atoms with Crippen LogP contribution >= 0.6 is 0 Å². The molecular formula is C17H17FN2O5S2. The van der Waals surface area contributed by atoms with Gasteiger partial charge in [-0.05, 0) is 49.2 Å². The number of halogens is 1. The third-order valence-corrected chi connectivity index (χ3v) is 6.46. The highest BCUT2D eigenvalue weighted by Gasteiger charge is 2.29. The van der Waals surface area contributed by atoms with Gasteiger partial charge in [0.15, 0.2) is 9.84 Å². The first-order valence-electron chi connectivity index (χ1n) is 7.99. The van der Waals surface area contributed by atoms with E-state index in [9.17, 15) is 26.0 Å². The molecule has 1 saturated carbocycles. The van der Waals surface area contributed by atoms with Crippen LogP contribution in [0.5, 0.6) is 0 Å². The molecule has 0 spiro atoms. The van der Waals surface area contributed by atoms with Crippen molar-refractivity contribution in [2.45, 2.75) is 22.6 Å². The average molecular weight is 412 g/mol. The van der Waals surface area contributed by atoms with Gasteiger partial charge in [0.05, 0.1) is 10.6 Å². The summed E-state index contributed by atoms with van der Waals surface area (Å²) < 4.78 is 64.5. The average Bonchev–Trinajstić information content (AvgIpc) is 3.38. The largest absolute Gasteiger partial charge is 0.326 e. The molecule has 0 saturated heterocycles. The van der Waals surface area contributed by atoms with E-state index in [1.54, 1.807) is 6.07 Å². The summed E-state index contributed by atoms with van der Waals surface area (Å²) in [5, 5.41) is 2.68. The number of hydrogen-bond donors (Lipinski definition) is 2.